The molecule has 1 saturated heterocycles. The van der Waals surface area contributed by atoms with Gasteiger partial charge in [-0.25, -0.2) is 4.39 Å². The number of carbonyl (C=O) groups excluding carboxylic acids is 1. The van der Waals surface area contributed by atoms with Crippen LogP contribution in [0.25, 0.3) is 0 Å². The molecule has 1 amide bonds. The normalized spacial score (nSPS) is 15.5. The monoisotopic (exact) mass is 423 g/mol. The zero-order valence-electron chi connectivity index (χ0n) is 17.5. The molecule has 1 fully saturated rings. The van der Waals surface area contributed by atoms with Crippen molar-refractivity contribution in [1.29, 1.82) is 0 Å². The lowest BCUT2D eigenvalue weighted by Crippen LogP contribution is -2.49. The Labute approximate surface area is 181 Å². The number of benzene rings is 2. The molecule has 1 aliphatic rings. The second-order valence-electron chi connectivity index (χ2n) is 7.44. The number of methoxy groups -OCH3 is 1. The zero-order chi connectivity index (χ0) is 21.6. The number of piperazine rings is 1. The van der Waals surface area contributed by atoms with E-state index in [1.165, 1.54) is 12.1 Å². The van der Waals surface area contributed by atoms with E-state index in [0.29, 0.717) is 17.9 Å². The minimum Gasteiger partial charge on any atom is -0.496 e. The van der Waals surface area contributed by atoms with E-state index in [2.05, 4.69) is 15.1 Å². The summed E-state index contributed by atoms with van der Waals surface area (Å²) in [5, 5.41) is 3.03. The maximum atomic E-state index is 13.2. The van der Waals surface area contributed by atoms with Gasteiger partial charge >= 0.3 is 0 Å². The Morgan fingerprint density at radius 3 is 2.48 bits per heavy atom. The predicted octanol–water partition coefficient (Wildman–Crippen LogP) is 3.72. The van der Waals surface area contributed by atoms with Crippen molar-refractivity contribution < 1.29 is 18.3 Å². The number of nitrogens with zero attached hydrogens (tertiary/aromatic N) is 2. The highest BCUT2D eigenvalue weighted by Gasteiger charge is 2.28. The standard InChI is InChI=1S/C24H26FN3O3/c1-30-22-6-3-2-5-20(22)24(29)26-17-21(23-7-4-16-31-23)28-14-12-27(13-15-28)19-10-8-18(25)9-11-19/h2-11,16,21H,12-15,17H2,1H3,(H,26,29). The maximum Gasteiger partial charge on any atom is 0.255 e. The van der Waals surface area contributed by atoms with Crippen LogP contribution >= 0.6 is 0 Å². The molecule has 1 atom stereocenters. The Balaban J connectivity index is 1.42. The topological polar surface area (TPSA) is 58.0 Å². The molecule has 6 nitrogen and oxygen atoms in total. The molecule has 7 heteroatoms. The van der Waals surface area contributed by atoms with Crippen molar-refractivity contribution in [3.8, 4) is 5.75 Å². The molecule has 1 aliphatic heterocycles. The van der Waals surface area contributed by atoms with Crippen LogP contribution in [0.1, 0.15) is 22.2 Å². The van der Waals surface area contributed by atoms with Crippen LogP contribution < -0.4 is 15.0 Å². The Bertz CT molecular complexity index is 984. The van der Waals surface area contributed by atoms with Crippen molar-refractivity contribution in [3.05, 3.63) is 84.1 Å². The first-order valence-electron chi connectivity index (χ1n) is 10.3. The molecular weight excluding hydrogens is 397 g/mol. The summed E-state index contributed by atoms with van der Waals surface area (Å²) in [5.41, 5.74) is 1.52. The second-order valence-corrected chi connectivity index (χ2v) is 7.44. The van der Waals surface area contributed by atoms with Gasteiger partial charge < -0.3 is 19.4 Å². The van der Waals surface area contributed by atoms with Crippen LogP contribution in [0.3, 0.4) is 0 Å². The minimum absolute atomic E-state index is 0.0796. The van der Waals surface area contributed by atoms with Gasteiger partial charge in [-0.05, 0) is 48.5 Å². The van der Waals surface area contributed by atoms with Gasteiger partial charge in [-0.3, -0.25) is 9.69 Å². The van der Waals surface area contributed by atoms with Gasteiger partial charge in [0.25, 0.3) is 5.91 Å². The summed E-state index contributed by atoms with van der Waals surface area (Å²) in [6.07, 6.45) is 1.65. The molecule has 0 spiro atoms. The van der Waals surface area contributed by atoms with E-state index in [-0.39, 0.29) is 17.8 Å². The van der Waals surface area contributed by atoms with Gasteiger partial charge in [-0.1, -0.05) is 12.1 Å². The van der Waals surface area contributed by atoms with Crippen LogP contribution in [0, 0.1) is 5.82 Å². The third-order valence-corrected chi connectivity index (χ3v) is 5.63. The molecule has 162 valence electrons. The summed E-state index contributed by atoms with van der Waals surface area (Å²) < 4.78 is 24.2. The SMILES string of the molecule is COc1ccccc1C(=O)NCC(c1ccco1)N1CCN(c2ccc(F)cc2)CC1. The highest BCUT2D eigenvalue weighted by molar-refractivity contribution is 5.96. The number of anilines is 1. The summed E-state index contributed by atoms with van der Waals surface area (Å²) >= 11 is 0. The summed E-state index contributed by atoms with van der Waals surface area (Å²) in [6.45, 7) is 3.63. The molecule has 0 saturated carbocycles. The molecule has 1 aromatic heterocycles. The van der Waals surface area contributed by atoms with Crippen molar-refractivity contribution >= 4 is 11.6 Å². The maximum absolute atomic E-state index is 13.2. The number of nitrogens with one attached hydrogen (secondary N) is 1. The fourth-order valence-electron chi connectivity index (χ4n) is 3.95. The first-order valence-corrected chi connectivity index (χ1v) is 10.3. The van der Waals surface area contributed by atoms with Crippen LogP contribution in [0.15, 0.2) is 71.3 Å². The molecule has 2 aromatic carbocycles. The van der Waals surface area contributed by atoms with Gasteiger partial charge in [-0.15, -0.1) is 0 Å². The number of carbonyl (C=O) groups is 1. The predicted molar refractivity (Wildman–Crippen MR) is 117 cm³/mol. The zero-order valence-corrected chi connectivity index (χ0v) is 17.5. The van der Waals surface area contributed by atoms with Crippen molar-refractivity contribution in [2.75, 3.05) is 44.7 Å². The van der Waals surface area contributed by atoms with Crippen molar-refractivity contribution in [2.24, 2.45) is 0 Å². The Morgan fingerprint density at radius 1 is 1.06 bits per heavy atom. The molecular formula is C24H26FN3O3. The number of amides is 1. The van der Waals surface area contributed by atoms with E-state index in [1.54, 1.807) is 25.5 Å². The minimum atomic E-state index is -0.231. The van der Waals surface area contributed by atoms with Gasteiger partial charge in [0, 0.05) is 38.4 Å². The third kappa shape index (κ3) is 4.88. The Kier molecular flexibility index (Phi) is 6.52. The molecule has 3 aromatic rings. The van der Waals surface area contributed by atoms with Crippen molar-refractivity contribution in [1.82, 2.24) is 10.2 Å². The average molecular weight is 423 g/mol. The highest BCUT2D eigenvalue weighted by Crippen LogP contribution is 2.25. The molecule has 1 unspecified atom stereocenters. The Hall–Kier alpha value is -3.32. The highest BCUT2D eigenvalue weighted by atomic mass is 19.1. The van der Waals surface area contributed by atoms with Gasteiger partial charge in [0.05, 0.1) is 25.0 Å². The van der Waals surface area contributed by atoms with E-state index in [1.807, 2.05) is 36.4 Å². The lowest BCUT2D eigenvalue weighted by molar-refractivity contribution is 0.0920. The number of para-hydroxylation sites is 1. The molecule has 1 N–H and O–H groups in total. The number of furan rings is 1. The fraction of sp³-hybridized carbons (Fsp3) is 0.292. The number of hydrogen-bond donors (Lipinski definition) is 1. The van der Waals surface area contributed by atoms with Crippen LogP contribution in [0.4, 0.5) is 10.1 Å². The summed E-state index contributed by atoms with van der Waals surface area (Å²) in [7, 11) is 1.55. The quantitative estimate of drug-likeness (QED) is 0.628. The van der Waals surface area contributed by atoms with E-state index in [0.717, 1.165) is 37.6 Å². The molecule has 0 aliphatic carbocycles. The van der Waals surface area contributed by atoms with E-state index in [4.69, 9.17) is 9.15 Å². The largest absolute Gasteiger partial charge is 0.496 e. The lowest BCUT2D eigenvalue weighted by Gasteiger charge is -2.39. The summed E-state index contributed by atoms with van der Waals surface area (Å²) in [5.74, 6) is 0.947. The molecule has 0 radical (unpaired) electrons. The van der Waals surface area contributed by atoms with Gasteiger partial charge in [-0.2, -0.15) is 0 Å². The Morgan fingerprint density at radius 2 is 1.81 bits per heavy atom. The first-order chi connectivity index (χ1) is 15.2. The average Bonchev–Trinajstić information content (AvgIpc) is 3.34. The van der Waals surface area contributed by atoms with Crippen molar-refractivity contribution in [2.45, 2.75) is 6.04 Å². The number of halogens is 1. The summed E-state index contributed by atoms with van der Waals surface area (Å²) in [6, 6.07) is 17.5. The molecule has 2 heterocycles. The van der Waals surface area contributed by atoms with Crippen LogP contribution in [-0.2, 0) is 0 Å². The molecule has 31 heavy (non-hydrogen) atoms. The van der Waals surface area contributed by atoms with Gasteiger partial charge in [0.1, 0.15) is 17.3 Å². The second kappa shape index (κ2) is 9.66. The number of hydrogen-bond acceptors (Lipinski definition) is 5. The third-order valence-electron chi connectivity index (χ3n) is 5.63. The van der Waals surface area contributed by atoms with Gasteiger partial charge in [0.2, 0.25) is 0 Å². The van der Waals surface area contributed by atoms with Crippen LogP contribution in [0.2, 0.25) is 0 Å². The number of ether oxygens (including phenoxy) is 1. The van der Waals surface area contributed by atoms with Crippen LogP contribution in [-0.4, -0.2) is 50.6 Å². The molecule has 0 bridgehead atoms. The van der Waals surface area contributed by atoms with E-state index < -0.39 is 0 Å². The van der Waals surface area contributed by atoms with Gasteiger partial charge in [0.15, 0.2) is 0 Å². The summed E-state index contributed by atoms with van der Waals surface area (Å²) in [4.78, 5) is 17.3. The molecule has 4 rings (SSSR count). The lowest BCUT2D eigenvalue weighted by atomic mass is 10.1. The van der Waals surface area contributed by atoms with E-state index >= 15 is 0 Å². The van der Waals surface area contributed by atoms with Crippen molar-refractivity contribution in [3.63, 3.8) is 0 Å². The fourth-order valence-corrected chi connectivity index (χ4v) is 3.95. The smallest absolute Gasteiger partial charge is 0.255 e. The number of rotatable bonds is 7. The first kappa shape index (κ1) is 20.9. The van der Waals surface area contributed by atoms with E-state index in [9.17, 15) is 9.18 Å². The van der Waals surface area contributed by atoms with Crippen LogP contribution in [0.5, 0.6) is 5.75 Å².